The molecule has 0 saturated carbocycles. The minimum Gasteiger partial charge on any atom is -0.480 e. The molecule has 2 unspecified atom stereocenters. The highest BCUT2D eigenvalue weighted by molar-refractivity contribution is 7.89. The van der Waals surface area contributed by atoms with Crippen molar-refractivity contribution < 1.29 is 28.0 Å². The number of hydrogen-bond donors (Lipinski definition) is 2. The van der Waals surface area contributed by atoms with Gasteiger partial charge >= 0.3 is 5.97 Å². The zero-order valence-corrected chi connectivity index (χ0v) is 16.2. The van der Waals surface area contributed by atoms with Crippen molar-refractivity contribution in [2.24, 2.45) is 0 Å². The number of rotatable bonds is 9. The molecule has 11 heteroatoms. The summed E-state index contributed by atoms with van der Waals surface area (Å²) in [6, 6.07) is 4.76. The first-order chi connectivity index (χ1) is 12.9. The van der Waals surface area contributed by atoms with Gasteiger partial charge in [-0.1, -0.05) is 25.1 Å². The second-order valence-electron chi connectivity index (χ2n) is 6.73. The van der Waals surface area contributed by atoms with Crippen LogP contribution in [0, 0.1) is 10.1 Å². The molecule has 1 aliphatic rings. The van der Waals surface area contributed by atoms with Gasteiger partial charge in [0.1, 0.15) is 11.1 Å². The Hall–Kier alpha value is -2.79. The molecule has 2 N–H and O–H groups in total. The maximum atomic E-state index is 12.9. The molecule has 1 aromatic rings. The van der Waals surface area contributed by atoms with Crippen molar-refractivity contribution in [1.29, 1.82) is 0 Å². The van der Waals surface area contributed by atoms with Gasteiger partial charge in [0.05, 0.1) is 11.5 Å². The molecule has 1 fully saturated rings. The minimum atomic E-state index is -4.44. The number of aliphatic carboxylic acids is 1. The number of carboxylic acid groups (broad SMARTS) is 1. The van der Waals surface area contributed by atoms with Crippen LogP contribution in [0.5, 0.6) is 0 Å². The van der Waals surface area contributed by atoms with Gasteiger partial charge in [-0.2, -0.15) is 4.72 Å². The van der Waals surface area contributed by atoms with E-state index in [2.05, 4.69) is 11.3 Å². The van der Waals surface area contributed by atoms with E-state index >= 15 is 0 Å². The van der Waals surface area contributed by atoms with Gasteiger partial charge in [0.25, 0.3) is 5.69 Å². The first-order valence-corrected chi connectivity index (χ1v) is 9.87. The maximum absolute atomic E-state index is 12.9. The molecule has 0 aliphatic carbocycles. The number of carbonyl (C=O) groups excluding carboxylic acids is 1. The van der Waals surface area contributed by atoms with Gasteiger partial charge < -0.3 is 10.0 Å². The Morgan fingerprint density at radius 1 is 1.50 bits per heavy atom. The van der Waals surface area contributed by atoms with E-state index in [1.54, 1.807) is 6.92 Å². The number of likely N-dealkylation sites (tertiary alicyclic amines) is 1. The van der Waals surface area contributed by atoms with Crippen LogP contribution in [0.25, 0.3) is 0 Å². The van der Waals surface area contributed by atoms with E-state index in [-0.39, 0.29) is 19.4 Å². The Kier molecular flexibility index (Phi) is 5.62. The molecule has 2 rings (SSSR count). The van der Waals surface area contributed by atoms with E-state index < -0.39 is 48.5 Å². The fourth-order valence-corrected chi connectivity index (χ4v) is 4.63. The highest BCUT2D eigenvalue weighted by Gasteiger charge is 2.60. The Morgan fingerprint density at radius 2 is 2.11 bits per heavy atom. The van der Waals surface area contributed by atoms with Gasteiger partial charge in [-0.3, -0.25) is 14.9 Å². The number of amides is 1. The van der Waals surface area contributed by atoms with Crippen LogP contribution in [0.15, 0.2) is 41.8 Å². The number of sulfonamides is 1. The molecular formula is C17H21N3O7S. The van der Waals surface area contributed by atoms with Crippen molar-refractivity contribution >= 4 is 27.6 Å². The predicted octanol–water partition coefficient (Wildman–Crippen LogP) is 1.28. The lowest BCUT2D eigenvalue weighted by Crippen LogP contribution is -2.79. The number of hydrogen-bond acceptors (Lipinski definition) is 6. The molecule has 1 aliphatic heterocycles. The predicted molar refractivity (Wildman–Crippen MR) is 99.0 cm³/mol. The van der Waals surface area contributed by atoms with Crippen molar-refractivity contribution in [1.82, 2.24) is 9.62 Å². The average Bonchev–Trinajstić information content (AvgIpc) is 2.64. The topological polar surface area (TPSA) is 147 Å². The number of nitro benzene ring substituents is 1. The highest BCUT2D eigenvalue weighted by Crippen LogP contribution is 2.37. The summed E-state index contributed by atoms with van der Waals surface area (Å²) in [7, 11) is -4.44. The second kappa shape index (κ2) is 7.32. The Morgan fingerprint density at radius 3 is 2.57 bits per heavy atom. The molecular weight excluding hydrogens is 390 g/mol. The standard InChI is InChI=1S/C17H21N3O7S/c1-4-10-17(11-19(14(17)21)16(3,5-2)15(22)23)18-28(26,27)13-9-7-6-8-12(13)20(24)25/h4,6-9,18H,1,5,10-11H2,2-3H3,(H,22,23). The maximum Gasteiger partial charge on any atom is 0.329 e. The molecule has 1 heterocycles. The molecule has 1 aromatic carbocycles. The van der Waals surface area contributed by atoms with Gasteiger partial charge in [0, 0.05) is 6.07 Å². The lowest BCUT2D eigenvalue weighted by Gasteiger charge is -2.54. The van der Waals surface area contributed by atoms with Crippen LogP contribution in [-0.4, -0.2) is 52.8 Å². The summed E-state index contributed by atoms with van der Waals surface area (Å²) in [6.45, 7) is 6.30. The number of para-hydroxylation sites is 1. The van der Waals surface area contributed by atoms with Crippen molar-refractivity contribution in [3.8, 4) is 0 Å². The quantitative estimate of drug-likeness (QED) is 0.269. The summed E-state index contributed by atoms with van der Waals surface area (Å²) in [5, 5.41) is 20.6. The van der Waals surface area contributed by atoms with Crippen LogP contribution < -0.4 is 4.72 Å². The van der Waals surface area contributed by atoms with E-state index in [1.807, 2.05) is 0 Å². The van der Waals surface area contributed by atoms with Gasteiger partial charge in [-0.15, -0.1) is 6.58 Å². The first kappa shape index (κ1) is 21.5. The lowest BCUT2D eigenvalue weighted by molar-refractivity contribution is -0.387. The fourth-order valence-electron chi connectivity index (χ4n) is 3.10. The molecule has 152 valence electrons. The Labute approximate surface area is 162 Å². The molecule has 0 bridgehead atoms. The van der Waals surface area contributed by atoms with E-state index in [1.165, 1.54) is 25.1 Å². The summed E-state index contributed by atoms with van der Waals surface area (Å²) in [5.74, 6) is -1.93. The molecule has 2 atom stereocenters. The van der Waals surface area contributed by atoms with Crippen LogP contribution in [0.4, 0.5) is 5.69 Å². The number of β-lactam (4-membered cyclic amide) rings is 1. The third-order valence-corrected chi connectivity index (χ3v) is 6.59. The summed E-state index contributed by atoms with van der Waals surface area (Å²) in [4.78, 5) is 35.3. The summed E-state index contributed by atoms with van der Waals surface area (Å²) >= 11 is 0. The fraction of sp³-hybridized carbons (Fsp3) is 0.412. The Balaban J connectivity index is 2.42. The van der Waals surface area contributed by atoms with Gasteiger partial charge in [0.2, 0.25) is 15.9 Å². The SMILES string of the molecule is C=CCC1(NS(=O)(=O)c2ccccc2[N+](=O)[O-])CN(C(C)(CC)C(=O)O)C1=O. The van der Waals surface area contributed by atoms with Gasteiger partial charge in [-0.05, 0) is 25.8 Å². The Bertz CT molecular complexity index is 946. The van der Waals surface area contributed by atoms with Crippen LogP contribution in [0.3, 0.4) is 0 Å². The summed E-state index contributed by atoms with van der Waals surface area (Å²) in [6.07, 6.45) is 1.36. The smallest absolute Gasteiger partial charge is 0.329 e. The largest absolute Gasteiger partial charge is 0.480 e. The number of nitrogens with zero attached hydrogens (tertiary/aromatic N) is 2. The monoisotopic (exact) mass is 411 g/mol. The average molecular weight is 411 g/mol. The molecule has 0 spiro atoms. The van der Waals surface area contributed by atoms with Crippen molar-refractivity contribution in [2.75, 3.05) is 6.54 Å². The lowest BCUT2D eigenvalue weighted by atomic mass is 9.80. The number of nitrogens with one attached hydrogen (secondary N) is 1. The van der Waals surface area contributed by atoms with Crippen LogP contribution in [0.2, 0.25) is 0 Å². The van der Waals surface area contributed by atoms with E-state index in [0.29, 0.717) is 0 Å². The third kappa shape index (κ3) is 3.38. The molecule has 10 nitrogen and oxygen atoms in total. The van der Waals surface area contributed by atoms with Crippen molar-refractivity contribution in [3.05, 3.63) is 47.0 Å². The molecule has 1 saturated heterocycles. The van der Waals surface area contributed by atoms with Crippen LogP contribution in [-0.2, 0) is 19.6 Å². The number of carbonyl (C=O) groups is 2. The minimum absolute atomic E-state index is 0.0956. The van der Waals surface area contributed by atoms with Gasteiger partial charge in [0.15, 0.2) is 4.90 Å². The summed E-state index contributed by atoms with van der Waals surface area (Å²) in [5.41, 5.74) is -3.77. The zero-order valence-electron chi connectivity index (χ0n) is 15.4. The number of carboxylic acids is 1. The first-order valence-electron chi connectivity index (χ1n) is 8.39. The number of nitro groups is 1. The number of benzene rings is 1. The van der Waals surface area contributed by atoms with E-state index in [4.69, 9.17) is 0 Å². The molecule has 1 amide bonds. The molecule has 0 aromatic heterocycles. The van der Waals surface area contributed by atoms with Gasteiger partial charge in [-0.25, -0.2) is 13.2 Å². The van der Waals surface area contributed by atoms with E-state index in [9.17, 15) is 33.2 Å². The third-order valence-electron chi connectivity index (χ3n) is 5.00. The van der Waals surface area contributed by atoms with E-state index in [0.717, 1.165) is 17.0 Å². The van der Waals surface area contributed by atoms with Crippen LogP contribution >= 0.6 is 0 Å². The summed E-state index contributed by atoms with van der Waals surface area (Å²) < 4.78 is 27.9. The van der Waals surface area contributed by atoms with Crippen molar-refractivity contribution in [2.45, 2.75) is 42.7 Å². The second-order valence-corrected chi connectivity index (χ2v) is 8.38. The van der Waals surface area contributed by atoms with Crippen LogP contribution in [0.1, 0.15) is 26.7 Å². The molecule has 0 radical (unpaired) electrons. The normalized spacial score (nSPS) is 21.5. The highest BCUT2D eigenvalue weighted by atomic mass is 32.2. The molecule has 28 heavy (non-hydrogen) atoms. The van der Waals surface area contributed by atoms with Crippen molar-refractivity contribution in [3.63, 3.8) is 0 Å². The zero-order chi connectivity index (χ0) is 21.3.